The Morgan fingerprint density at radius 1 is 0.815 bits per heavy atom. The van der Waals surface area contributed by atoms with Crippen LogP contribution in [-0.2, 0) is 28.2 Å². The fourth-order valence-corrected chi connectivity index (χ4v) is 14.7. The molecule has 1 saturated heterocycles. The number of hydrogen-bond donors (Lipinski definition) is 1. The molecule has 6 aromatic carbocycles. The number of fused-ring (bicyclic) bond motifs is 4. The van der Waals surface area contributed by atoms with E-state index in [1.165, 1.54) is 5.19 Å². The van der Waals surface area contributed by atoms with Gasteiger partial charge in [-0.3, -0.25) is 19.2 Å². The first-order chi connectivity index (χ1) is 31.6. The molecule has 0 saturated carbocycles. The van der Waals surface area contributed by atoms with E-state index in [2.05, 4.69) is 42.5 Å². The first-order valence-electron chi connectivity index (χ1n) is 22.2. The van der Waals surface area contributed by atoms with Crippen molar-refractivity contribution in [3.63, 3.8) is 0 Å². The summed E-state index contributed by atoms with van der Waals surface area (Å²) in [5.74, 6) is 0.833. The summed E-state index contributed by atoms with van der Waals surface area (Å²) >= 11 is 0. The number of hydrogen-bond acceptors (Lipinski definition) is 8. The highest BCUT2D eigenvalue weighted by atomic mass is 28.3. The van der Waals surface area contributed by atoms with E-state index in [9.17, 15) is 9.90 Å². The number of carbonyl (C=O) groups excluding carboxylic acids is 2. The molecule has 11 nitrogen and oxygen atoms in total. The Morgan fingerprint density at radius 3 is 2.25 bits per heavy atom. The van der Waals surface area contributed by atoms with E-state index in [-0.39, 0.29) is 41.9 Å². The van der Waals surface area contributed by atoms with Gasteiger partial charge in [-0.05, 0) is 77.7 Å². The highest BCUT2D eigenvalue weighted by molar-refractivity contribution is 6.91. The third kappa shape index (κ3) is 7.22. The normalized spacial score (nSPS) is 20.5. The van der Waals surface area contributed by atoms with Crippen molar-refractivity contribution in [2.24, 2.45) is 5.92 Å². The molecular weight excluding hydrogens is 831 g/mol. The summed E-state index contributed by atoms with van der Waals surface area (Å²) in [6.07, 6.45) is 2.08. The molecule has 2 amide bonds. The van der Waals surface area contributed by atoms with Gasteiger partial charge in [-0.15, -0.1) is 5.10 Å². The lowest BCUT2D eigenvalue weighted by molar-refractivity contribution is -0.146. The van der Waals surface area contributed by atoms with Gasteiger partial charge in [-0.2, -0.15) is 0 Å². The molecule has 1 unspecified atom stereocenters. The summed E-state index contributed by atoms with van der Waals surface area (Å²) in [5, 5.41) is 20.7. The predicted octanol–water partition coefficient (Wildman–Crippen LogP) is 9.35. The van der Waals surface area contributed by atoms with Crippen molar-refractivity contribution >= 4 is 42.1 Å². The lowest BCUT2D eigenvalue weighted by Crippen LogP contribution is -2.51. The largest absolute Gasteiger partial charge is 0.497 e. The van der Waals surface area contributed by atoms with E-state index in [0.29, 0.717) is 53.6 Å². The molecule has 3 aliphatic rings. The number of methoxy groups -OCH3 is 1. The average molecular weight is 882 g/mol. The van der Waals surface area contributed by atoms with Crippen molar-refractivity contribution in [2.75, 3.05) is 23.5 Å². The molecule has 5 atom stereocenters. The Balaban J connectivity index is 1.09. The molecule has 1 spiro atoms. The number of aromatic nitrogens is 3. The van der Waals surface area contributed by atoms with Crippen molar-refractivity contribution < 1.29 is 28.9 Å². The number of para-hydroxylation sites is 3. The Bertz CT molecular complexity index is 2870. The highest BCUT2D eigenvalue weighted by Gasteiger charge is 2.66. The fraction of sp³-hybridized carbons (Fsp3) is 0.245. The Morgan fingerprint density at radius 2 is 1.51 bits per heavy atom. The van der Waals surface area contributed by atoms with Gasteiger partial charge in [0.2, 0.25) is 0 Å². The van der Waals surface area contributed by atoms with Crippen LogP contribution >= 0.6 is 0 Å². The van der Waals surface area contributed by atoms with Crippen LogP contribution in [0, 0.1) is 5.92 Å². The van der Waals surface area contributed by atoms with Crippen molar-refractivity contribution in [1.82, 2.24) is 15.0 Å². The maximum atomic E-state index is 15.8. The maximum Gasteiger partial charge on any atom is 0.266 e. The zero-order valence-electron chi connectivity index (χ0n) is 36.9. The molecule has 0 bridgehead atoms. The minimum absolute atomic E-state index is 0.0497. The number of aliphatic hydroxyl groups is 1. The summed E-state index contributed by atoms with van der Waals surface area (Å²) in [5.41, 5.74) is 4.31. The van der Waals surface area contributed by atoms with Crippen molar-refractivity contribution in [1.29, 1.82) is 0 Å². The Hall–Kier alpha value is -6.86. The molecular formula is C53H51N5O6Si. The van der Waals surface area contributed by atoms with Crippen LogP contribution in [0.2, 0.25) is 18.6 Å². The smallest absolute Gasteiger partial charge is 0.266 e. The van der Waals surface area contributed by atoms with E-state index in [0.717, 1.165) is 28.1 Å². The van der Waals surface area contributed by atoms with E-state index < -0.39 is 13.7 Å². The van der Waals surface area contributed by atoms with Crippen LogP contribution < -0.4 is 24.5 Å². The topological polar surface area (TPSA) is 119 Å². The van der Waals surface area contributed by atoms with Gasteiger partial charge in [-0.1, -0.05) is 127 Å². The number of aliphatic hydroxyl groups excluding tert-OH is 1. The van der Waals surface area contributed by atoms with Gasteiger partial charge >= 0.3 is 0 Å². The van der Waals surface area contributed by atoms with Crippen molar-refractivity contribution in [2.45, 2.75) is 62.7 Å². The highest BCUT2D eigenvalue weighted by Crippen LogP contribution is 2.61. The molecule has 7 aromatic rings. The van der Waals surface area contributed by atoms with Crippen molar-refractivity contribution in [3.8, 4) is 17.2 Å². The van der Waals surface area contributed by atoms with Crippen LogP contribution in [0.4, 0.5) is 17.1 Å². The van der Waals surface area contributed by atoms with E-state index in [4.69, 9.17) is 14.2 Å². The molecule has 4 heterocycles. The molecule has 1 N–H and O–H groups in total. The summed E-state index contributed by atoms with van der Waals surface area (Å²) < 4.78 is 21.3. The Kier molecular flexibility index (Phi) is 11.0. The molecule has 65 heavy (non-hydrogen) atoms. The fourth-order valence-electron chi connectivity index (χ4n) is 10.6. The molecule has 328 valence electrons. The summed E-state index contributed by atoms with van der Waals surface area (Å²) in [7, 11) is -0.840. The quantitative estimate of drug-likeness (QED) is 0.121. The van der Waals surface area contributed by atoms with Crippen LogP contribution in [-0.4, -0.2) is 59.8 Å². The van der Waals surface area contributed by atoms with E-state index in [1.54, 1.807) is 18.1 Å². The summed E-state index contributed by atoms with van der Waals surface area (Å²) in [6.45, 7) is 7.64. The van der Waals surface area contributed by atoms with E-state index in [1.807, 2.05) is 149 Å². The molecule has 1 aromatic heterocycles. The second kappa shape index (κ2) is 16.9. The number of ether oxygens (including phenoxy) is 3. The molecule has 0 aliphatic carbocycles. The van der Waals surface area contributed by atoms with Gasteiger partial charge < -0.3 is 24.2 Å². The minimum Gasteiger partial charge on any atom is -0.497 e. The molecule has 10 rings (SSSR count). The van der Waals surface area contributed by atoms with Crippen LogP contribution in [0.3, 0.4) is 0 Å². The van der Waals surface area contributed by atoms with Gasteiger partial charge in [0.25, 0.3) is 11.8 Å². The van der Waals surface area contributed by atoms with Crippen LogP contribution in [0.15, 0.2) is 158 Å². The number of amides is 2. The van der Waals surface area contributed by atoms with E-state index >= 15 is 4.79 Å². The third-order valence-electron chi connectivity index (χ3n) is 13.8. The minimum atomic E-state index is -2.51. The summed E-state index contributed by atoms with van der Waals surface area (Å²) in [6, 6.07) is 48.9. The van der Waals surface area contributed by atoms with Crippen LogP contribution in [0.1, 0.15) is 52.0 Å². The first-order valence-corrected chi connectivity index (χ1v) is 25.3. The third-order valence-corrected chi connectivity index (χ3v) is 18.2. The monoisotopic (exact) mass is 881 g/mol. The van der Waals surface area contributed by atoms with Gasteiger partial charge in [0.1, 0.15) is 11.5 Å². The number of rotatable bonds is 12. The van der Waals surface area contributed by atoms with Gasteiger partial charge in [0, 0.05) is 29.9 Å². The molecule has 3 aliphatic heterocycles. The second-order valence-corrected chi connectivity index (χ2v) is 22.5. The predicted molar refractivity (Wildman–Crippen MR) is 253 cm³/mol. The number of benzene rings is 6. The number of aryl methyl sites for hydroxylation is 1. The first kappa shape index (κ1) is 42.1. The molecule has 0 radical (unpaired) electrons. The summed E-state index contributed by atoms with van der Waals surface area (Å²) in [4.78, 5) is 34.1. The molecule has 12 heteroatoms. The number of anilines is 3. The van der Waals surface area contributed by atoms with Crippen molar-refractivity contribution in [3.05, 3.63) is 186 Å². The van der Waals surface area contributed by atoms with Gasteiger partial charge in [0.15, 0.2) is 11.4 Å². The lowest BCUT2D eigenvalue weighted by atomic mass is 9.82. The number of nitrogens with zero attached hydrogens (tertiary/aromatic N) is 5. The number of carbonyl (C=O) groups is 2. The average Bonchev–Trinajstić information content (AvgIpc) is 3.97. The standard InChI is InChI=1S/C53H51N5O6Si/c1-35-50(65(3,4)40-26-24-39(62-2)25-27-40)49(29-30-56-33-44(54-55-56)42(34-59)37-17-9-6-10-18-37)64-53(35)43-31-38(23-28-45(43)57(52(53)61)32-36-15-7-5-8-16-36)58-46-20-12-14-22-48(46)63-47-21-13-11-19-41(47)51(58)60/h5-28,31,33,35,42,49-50,59H,29-30,32,34H2,1-4H3/t35-,42?,49+,50-,53+/m1/s1. The SMILES string of the molecule is COc1ccc([Si](C)(C)[C@H]2[C@H](CCn3cc(C(CO)c4ccccc4)nn3)O[C@@]3(C(=O)N(Cc4ccccc4)c4ccc(N5C(=O)c6ccccc6Oc6ccccc65)cc43)[C@@H]2C)cc1. The van der Waals surface area contributed by atoms with Gasteiger partial charge in [-0.25, -0.2) is 0 Å². The van der Waals surface area contributed by atoms with Gasteiger partial charge in [0.05, 0.1) is 63.0 Å². The lowest BCUT2D eigenvalue weighted by Gasteiger charge is -2.37. The second-order valence-electron chi connectivity index (χ2n) is 17.8. The van der Waals surface area contributed by atoms with Crippen LogP contribution in [0.25, 0.3) is 0 Å². The zero-order valence-corrected chi connectivity index (χ0v) is 37.9. The molecule has 1 fully saturated rings. The zero-order chi connectivity index (χ0) is 44.9. The maximum absolute atomic E-state index is 15.8. The Labute approximate surface area is 379 Å². The van der Waals surface area contributed by atoms with Crippen LogP contribution in [0.5, 0.6) is 17.2 Å².